The fourth-order valence-electron chi connectivity index (χ4n) is 1.72. The van der Waals surface area contributed by atoms with E-state index in [1.165, 1.54) is 0 Å². The summed E-state index contributed by atoms with van der Waals surface area (Å²) in [6, 6.07) is 7.52. The monoisotopic (exact) mass is 308 g/mol. The summed E-state index contributed by atoms with van der Waals surface area (Å²) in [5.74, 6) is 0.974. The first kappa shape index (κ1) is 15.5. The smallest absolute Gasteiger partial charge is 0.328 e. The van der Waals surface area contributed by atoms with Crippen LogP contribution in [0.4, 0.5) is 5.95 Å². The Morgan fingerprint density at radius 2 is 2.05 bits per heavy atom. The van der Waals surface area contributed by atoms with Crippen LogP contribution in [0.1, 0.15) is 18.9 Å². The number of hydrogen-bond donors (Lipinski definition) is 2. The van der Waals surface area contributed by atoms with Crippen LogP contribution >= 0.6 is 11.6 Å². The highest BCUT2D eigenvalue weighted by Crippen LogP contribution is 2.24. The molecule has 0 aliphatic carbocycles. The van der Waals surface area contributed by atoms with Crippen molar-refractivity contribution in [2.75, 3.05) is 18.5 Å². The van der Waals surface area contributed by atoms with Gasteiger partial charge in [-0.2, -0.15) is 15.0 Å². The van der Waals surface area contributed by atoms with Crippen LogP contribution in [-0.2, 0) is 6.42 Å². The number of nitrogens with one attached hydrogen (secondary N) is 1. The quantitative estimate of drug-likeness (QED) is 0.818. The van der Waals surface area contributed by atoms with Gasteiger partial charge >= 0.3 is 6.01 Å². The van der Waals surface area contributed by atoms with E-state index in [1.54, 1.807) is 6.07 Å². The van der Waals surface area contributed by atoms with Gasteiger partial charge in [0.2, 0.25) is 11.2 Å². The average Bonchev–Trinajstić information content (AvgIpc) is 2.47. The summed E-state index contributed by atoms with van der Waals surface area (Å²) in [5.41, 5.74) is 0.875. The fraction of sp³-hybridized carbons (Fsp3) is 0.357. The van der Waals surface area contributed by atoms with Crippen LogP contribution < -0.4 is 10.1 Å². The van der Waals surface area contributed by atoms with Gasteiger partial charge in [0.1, 0.15) is 5.75 Å². The highest BCUT2D eigenvalue weighted by Gasteiger charge is 2.09. The summed E-state index contributed by atoms with van der Waals surface area (Å²) in [6.07, 6.45) is 1.44. The minimum atomic E-state index is 0.0433. The number of aliphatic hydroxyl groups excluding tert-OH is 1. The van der Waals surface area contributed by atoms with E-state index in [4.69, 9.17) is 21.4 Å². The predicted molar refractivity (Wildman–Crippen MR) is 80.9 cm³/mol. The van der Waals surface area contributed by atoms with Gasteiger partial charge in [-0.15, -0.1) is 0 Å². The molecule has 0 bridgehead atoms. The second kappa shape index (κ2) is 7.75. The molecule has 21 heavy (non-hydrogen) atoms. The van der Waals surface area contributed by atoms with E-state index >= 15 is 0 Å². The molecule has 0 aliphatic rings. The summed E-state index contributed by atoms with van der Waals surface area (Å²) in [6.45, 7) is 2.82. The van der Waals surface area contributed by atoms with Crippen molar-refractivity contribution < 1.29 is 9.84 Å². The lowest BCUT2D eigenvalue weighted by Crippen LogP contribution is -2.07. The first-order valence-electron chi connectivity index (χ1n) is 6.75. The van der Waals surface area contributed by atoms with Gasteiger partial charge in [-0.3, -0.25) is 0 Å². The highest BCUT2D eigenvalue weighted by atomic mass is 35.5. The third kappa shape index (κ3) is 4.54. The Kier molecular flexibility index (Phi) is 5.71. The van der Waals surface area contributed by atoms with E-state index in [9.17, 15) is 0 Å². The second-order valence-electron chi connectivity index (χ2n) is 4.32. The standard InChI is InChI=1S/C14H17ClN4O2/c1-2-8-16-13-17-12(15)18-14(19-13)21-11-6-4-3-5-10(11)7-9-20/h3-6,20H,2,7-9H2,1H3,(H,16,17,18,19). The van der Waals surface area contributed by atoms with Crippen molar-refractivity contribution in [3.05, 3.63) is 35.1 Å². The van der Waals surface area contributed by atoms with Gasteiger partial charge < -0.3 is 15.2 Å². The van der Waals surface area contributed by atoms with Crippen LogP contribution in [0.25, 0.3) is 0 Å². The molecular formula is C14H17ClN4O2. The van der Waals surface area contributed by atoms with E-state index in [0.29, 0.717) is 18.1 Å². The average molecular weight is 309 g/mol. The molecule has 112 valence electrons. The summed E-state index contributed by atoms with van der Waals surface area (Å²) >= 11 is 5.87. The van der Waals surface area contributed by atoms with Crippen molar-refractivity contribution in [1.82, 2.24) is 15.0 Å². The van der Waals surface area contributed by atoms with Crippen molar-refractivity contribution in [1.29, 1.82) is 0 Å². The molecule has 0 spiro atoms. The Balaban J connectivity index is 2.21. The SMILES string of the molecule is CCCNc1nc(Cl)nc(Oc2ccccc2CCO)n1. The molecule has 0 amide bonds. The summed E-state index contributed by atoms with van der Waals surface area (Å²) in [4.78, 5) is 12.1. The van der Waals surface area contributed by atoms with Gasteiger partial charge in [-0.05, 0) is 36.1 Å². The molecule has 0 saturated heterocycles. The molecule has 0 unspecified atom stereocenters. The number of hydrogen-bond acceptors (Lipinski definition) is 6. The number of aliphatic hydroxyl groups is 1. The Morgan fingerprint density at radius 3 is 2.81 bits per heavy atom. The number of nitrogens with zero attached hydrogens (tertiary/aromatic N) is 3. The lowest BCUT2D eigenvalue weighted by molar-refractivity contribution is 0.297. The lowest BCUT2D eigenvalue weighted by atomic mass is 10.1. The zero-order chi connectivity index (χ0) is 15.1. The third-order valence-electron chi connectivity index (χ3n) is 2.68. The molecule has 0 atom stereocenters. The molecular weight excluding hydrogens is 292 g/mol. The molecule has 0 aliphatic heterocycles. The predicted octanol–water partition coefficient (Wildman–Crippen LogP) is 2.67. The molecule has 0 fully saturated rings. The first-order chi connectivity index (χ1) is 10.2. The van der Waals surface area contributed by atoms with Gasteiger partial charge in [0, 0.05) is 13.2 Å². The maximum atomic E-state index is 9.07. The minimum absolute atomic E-state index is 0.0433. The van der Waals surface area contributed by atoms with Crippen LogP contribution in [-0.4, -0.2) is 33.2 Å². The van der Waals surface area contributed by atoms with E-state index < -0.39 is 0 Å². The van der Waals surface area contributed by atoms with Crippen molar-refractivity contribution in [3.8, 4) is 11.8 Å². The Labute approximate surface area is 128 Å². The topological polar surface area (TPSA) is 80.2 Å². The third-order valence-corrected chi connectivity index (χ3v) is 2.84. The number of aromatic nitrogens is 3. The molecule has 7 heteroatoms. The Hall–Kier alpha value is -1.92. The van der Waals surface area contributed by atoms with E-state index in [-0.39, 0.29) is 17.9 Å². The van der Waals surface area contributed by atoms with Gasteiger partial charge in [0.05, 0.1) is 0 Å². The van der Waals surface area contributed by atoms with E-state index in [1.807, 2.05) is 25.1 Å². The molecule has 2 aromatic rings. The molecule has 1 aromatic carbocycles. The zero-order valence-corrected chi connectivity index (χ0v) is 12.5. The zero-order valence-electron chi connectivity index (χ0n) is 11.7. The first-order valence-corrected chi connectivity index (χ1v) is 7.12. The van der Waals surface area contributed by atoms with Gasteiger partial charge in [0.25, 0.3) is 0 Å². The van der Waals surface area contributed by atoms with E-state index in [0.717, 1.165) is 18.5 Å². The Bertz CT molecular complexity index is 595. The largest absolute Gasteiger partial charge is 0.424 e. The number of halogens is 1. The number of rotatable bonds is 7. The lowest BCUT2D eigenvalue weighted by Gasteiger charge is -2.10. The number of ether oxygens (including phenoxy) is 1. The van der Waals surface area contributed by atoms with Crippen molar-refractivity contribution in [2.45, 2.75) is 19.8 Å². The molecule has 0 saturated carbocycles. The van der Waals surface area contributed by atoms with Gasteiger partial charge in [-0.25, -0.2) is 0 Å². The highest BCUT2D eigenvalue weighted by molar-refractivity contribution is 6.28. The van der Waals surface area contributed by atoms with E-state index in [2.05, 4.69) is 20.3 Å². The summed E-state index contributed by atoms with van der Waals surface area (Å²) in [7, 11) is 0. The number of anilines is 1. The molecule has 2 rings (SSSR count). The maximum absolute atomic E-state index is 9.07. The van der Waals surface area contributed by atoms with Crippen LogP contribution in [0.2, 0.25) is 5.28 Å². The fourth-order valence-corrected chi connectivity index (χ4v) is 1.87. The van der Waals surface area contributed by atoms with Crippen LogP contribution in [0, 0.1) is 0 Å². The van der Waals surface area contributed by atoms with Crippen molar-refractivity contribution in [2.24, 2.45) is 0 Å². The van der Waals surface area contributed by atoms with Gasteiger partial charge in [0.15, 0.2) is 0 Å². The Morgan fingerprint density at radius 1 is 1.24 bits per heavy atom. The van der Waals surface area contributed by atoms with Gasteiger partial charge in [-0.1, -0.05) is 25.1 Å². The summed E-state index contributed by atoms with van der Waals surface area (Å²) in [5, 5.41) is 12.2. The maximum Gasteiger partial charge on any atom is 0.328 e. The summed E-state index contributed by atoms with van der Waals surface area (Å²) < 4.78 is 5.67. The molecule has 2 N–H and O–H groups in total. The van der Waals surface area contributed by atoms with Crippen LogP contribution in [0.5, 0.6) is 11.8 Å². The molecule has 1 heterocycles. The van der Waals surface area contributed by atoms with Crippen LogP contribution in [0.3, 0.4) is 0 Å². The van der Waals surface area contributed by atoms with Crippen molar-refractivity contribution >= 4 is 17.5 Å². The molecule has 1 aromatic heterocycles. The normalized spacial score (nSPS) is 10.4. The second-order valence-corrected chi connectivity index (χ2v) is 4.66. The molecule has 0 radical (unpaired) electrons. The number of para-hydroxylation sites is 1. The minimum Gasteiger partial charge on any atom is -0.424 e. The van der Waals surface area contributed by atoms with Crippen molar-refractivity contribution in [3.63, 3.8) is 0 Å². The number of benzene rings is 1. The van der Waals surface area contributed by atoms with Crippen LogP contribution in [0.15, 0.2) is 24.3 Å². The molecule has 6 nitrogen and oxygen atoms in total.